The fourth-order valence-electron chi connectivity index (χ4n) is 6.26. The van der Waals surface area contributed by atoms with Gasteiger partial charge in [-0.1, -0.05) is 6.92 Å². The van der Waals surface area contributed by atoms with E-state index in [4.69, 9.17) is 0 Å². The molecule has 10 nitrogen and oxygen atoms in total. The third-order valence-corrected chi connectivity index (χ3v) is 8.68. The second-order valence-electron chi connectivity index (χ2n) is 12.0. The van der Waals surface area contributed by atoms with E-state index in [-0.39, 0.29) is 41.2 Å². The number of hydrogen-bond donors (Lipinski definition) is 1. The quantitative estimate of drug-likeness (QED) is 0.305. The van der Waals surface area contributed by atoms with Crippen molar-refractivity contribution in [3.05, 3.63) is 65.3 Å². The lowest BCUT2D eigenvalue weighted by Crippen LogP contribution is -2.46. The van der Waals surface area contributed by atoms with Gasteiger partial charge in [0.2, 0.25) is 11.8 Å². The van der Waals surface area contributed by atoms with Crippen molar-refractivity contribution in [1.29, 1.82) is 0 Å². The van der Waals surface area contributed by atoms with E-state index in [9.17, 15) is 27.6 Å². The second kappa shape index (κ2) is 10.2. The van der Waals surface area contributed by atoms with E-state index in [2.05, 4.69) is 25.3 Å². The number of fused-ring (bicyclic) bond motifs is 2. The van der Waals surface area contributed by atoms with Gasteiger partial charge < -0.3 is 14.8 Å². The number of likely N-dealkylation sites (tertiary alicyclic amines) is 1. The first-order valence-corrected chi connectivity index (χ1v) is 14.1. The molecule has 44 heavy (non-hydrogen) atoms. The Hall–Kier alpha value is -4.68. The highest BCUT2D eigenvalue weighted by Gasteiger charge is 2.64. The number of amides is 2. The number of nitrogens with zero attached hydrogens (tertiary/aromatic N) is 6. The fourth-order valence-corrected chi connectivity index (χ4v) is 6.26. The molecule has 3 aromatic heterocycles. The maximum atomic E-state index is 13.9. The van der Waals surface area contributed by atoms with Crippen LogP contribution in [-0.2, 0) is 22.3 Å². The number of anilines is 1. The maximum Gasteiger partial charge on any atom is 0.434 e. The van der Waals surface area contributed by atoms with Crippen molar-refractivity contribution in [2.24, 2.45) is 5.41 Å². The van der Waals surface area contributed by atoms with Gasteiger partial charge in [-0.2, -0.15) is 13.2 Å². The molecule has 0 bridgehead atoms. The van der Waals surface area contributed by atoms with Crippen LogP contribution >= 0.6 is 0 Å². The summed E-state index contributed by atoms with van der Waals surface area (Å²) in [6.45, 7) is 8.46. The molecule has 1 saturated carbocycles. The Morgan fingerprint density at radius 1 is 1.02 bits per heavy atom. The van der Waals surface area contributed by atoms with E-state index < -0.39 is 23.8 Å². The van der Waals surface area contributed by atoms with Crippen LogP contribution in [0.25, 0.3) is 22.0 Å². The molecule has 228 valence electrons. The SMILES string of the molecule is CC(=O)c1cn(CC(=O)N2C3C[C@]3(C)C[C@H]2C(=O)Nc2nc(C(F)(F)F)cnc2C)c2c(C)cc(-c3cnc(C)nc3)cc12. The molecule has 1 aromatic carbocycles. The normalized spacial score (nSPS) is 21.0. The monoisotopic (exact) mass is 605 g/mol. The Balaban J connectivity index is 1.30. The van der Waals surface area contributed by atoms with Gasteiger partial charge in [-0.15, -0.1) is 0 Å². The van der Waals surface area contributed by atoms with Crippen LogP contribution in [0.1, 0.15) is 59.8 Å². The van der Waals surface area contributed by atoms with Crippen LogP contribution in [0.5, 0.6) is 0 Å². The first-order chi connectivity index (χ1) is 20.7. The summed E-state index contributed by atoms with van der Waals surface area (Å²) in [7, 11) is 0. The minimum Gasteiger partial charge on any atom is -0.337 e. The van der Waals surface area contributed by atoms with E-state index in [0.29, 0.717) is 34.9 Å². The van der Waals surface area contributed by atoms with Gasteiger partial charge in [0.1, 0.15) is 18.4 Å². The lowest BCUT2D eigenvalue weighted by molar-refractivity contribution is -0.141. The van der Waals surface area contributed by atoms with Crippen LogP contribution in [0, 0.1) is 26.2 Å². The number of alkyl halides is 3. The third kappa shape index (κ3) is 5.09. The molecular weight excluding hydrogens is 575 g/mol. The van der Waals surface area contributed by atoms with Gasteiger partial charge in [-0.05, 0) is 69.2 Å². The Morgan fingerprint density at radius 2 is 1.73 bits per heavy atom. The highest BCUT2D eigenvalue weighted by molar-refractivity contribution is 6.09. The summed E-state index contributed by atoms with van der Waals surface area (Å²) in [5.41, 5.74) is 2.27. The number of hydrogen-bond acceptors (Lipinski definition) is 7. The van der Waals surface area contributed by atoms with Gasteiger partial charge in [0.05, 0.1) is 17.4 Å². The minimum atomic E-state index is -4.73. The first kappa shape index (κ1) is 29.4. The molecule has 0 spiro atoms. The van der Waals surface area contributed by atoms with Crippen LogP contribution in [0.4, 0.5) is 19.0 Å². The number of piperidine rings is 1. The predicted molar refractivity (Wildman–Crippen MR) is 155 cm³/mol. The summed E-state index contributed by atoms with van der Waals surface area (Å²) < 4.78 is 41.4. The Morgan fingerprint density at radius 3 is 2.39 bits per heavy atom. The third-order valence-electron chi connectivity index (χ3n) is 8.68. The van der Waals surface area contributed by atoms with Gasteiger partial charge in [0.15, 0.2) is 17.3 Å². The number of aromatic nitrogens is 5. The van der Waals surface area contributed by atoms with Crippen LogP contribution in [0.3, 0.4) is 0 Å². The zero-order valence-corrected chi connectivity index (χ0v) is 24.8. The molecule has 2 amide bonds. The van der Waals surface area contributed by atoms with Gasteiger partial charge in [0.25, 0.3) is 0 Å². The van der Waals surface area contributed by atoms with E-state index in [0.717, 1.165) is 23.1 Å². The molecule has 4 heterocycles. The van der Waals surface area contributed by atoms with Crippen LogP contribution in [0.15, 0.2) is 36.9 Å². The number of Topliss-reactive ketones (excluding diaryl/α,β-unsaturated/α-hetero) is 1. The van der Waals surface area contributed by atoms with Crippen LogP contribution < -0.4 is 5.32 Å². The van der Waals surface area contributed by atoms with E-state index in [1.54, 1.807) is 35.0 Å². The molecule has 2 fully saturated rings. The zero-order valence-electron chi connectivity index (χ0n) is 24.8. The fraction of sp³-hybridized carbons (Fsp3) is 0.387. The zero-order chi connectivity index (χ0) is 31.7. The number of ketones is 1. The Kier molecular flexibility index (Phi) is 6.82. The number of nitrogens with one attached hydrogen (secondary N) is 1. The van der Waals surface area contributed by atoms with Gasteiger partial charge in [-0.3, -0.25) is 19.4 Å². The summed E-state index contributed by atoms with van der Waals surface area (Å²) in [5, 5.41) is 3.17. The summed E-state index contributed by atoms with van der Waals surface area (Å²) in [6, 6.07) is 2.76. The topological polar surface area (TPSA) is 123 Å². The summed E-state index contributed by atoms with van der Waals surface area (Å²) in [6.07, 6.45) is 2.07. The largest absolute Gasteiger partial charge is 0.434 e. The molecule has 1 unspecified atom stereocenters. The highest BCUT2D eigenvalue weighted by Crippen LogP contribution is 2.59. The standard InChI is InChI=1S/C31H30F3N7O3/c1-15-6-19(20-10-36-18(4)37-11-20)7-21-22(17(3)42)13-40(27(15)21)14-26(43)41-23(8-30(5)9-25(30)41)29(44)39-28-16(2)35-12-24(38-28)31(32,33)34/h6-7,10-13,23,25H,8-9,14H2,1-5H3,(H,38,39,44)/t23-,25?,30-/m0/s1. The number of halogens is 3. The molecule has 4 aromatic rings. The summed E-state index contributed by atoms with van der Waals surface area (Å²) in [5.74, 6) is -0.768. The smallest absolute Gasteiger partial charge is 0.337 e. The minimum absolute atomic E-state index is 0.126. The van der Waals surface area contributed by atoms with E-state index in [1.165, 1.54) is 13.8 Å². The van der Waals surface area contributed by atoms with Crippen molar-refractivity contribution in [2.45, 2.75) is 72.3 Å². The summed E-state index contributed by atoms with van der Waals surface area (Å²) in [4.78, 5) is 57.4. The van der Waals surface area contributed by atoms with Crippen molar-refractivity contribution in [2.75, 3.05) is 5.32 Å². The Bertz CT molecular complexity index is 1850. The van der Waals surface area contributed by atoms with Gasteiger partial charge in [0, 0.05) is 41.1 Å². The number of benzene rings is 1. The van der Waals surface area contributed by atoms with Crippen molar-refractivity contribution in [1.82, 2.24) is 29.4 Å². The molecule has 2 aliphatic rings. The van der Waals surface area contributed by atoms with E-state index >= 15 is 0 Å². The van der Waals surface area contributed by atoms with Crippen molar-refractivity contribution < 1.29 is 27.6 Å². The molecular formula is C31H30F3N7O3. The lowest BCUT2D eigenvalue weighted by Gasteiger charge is -2.27. The van der Waals surface area contributed by atoms with E-state index in [1.807, 2.05) is 26.0 Å². The average Bonchev–Trinajstić information content (AvgIpc) is 3.30. The summed E-state index contributed by atoms with van der Waals surface area (Å²) >= 11 is 0. The molecule has 13 heteroatoms. The molecule has 1 aliphatic carbocycles. The highest BCUT2D eigenvalue weighted by atomic mass is 19.4. The van der Waals surface area contributed by atoms with Crippen molar-refractivity contribution >= 4 is 34.3 Å². The number of rotatable bonds is 6. The predicted octanol–water partition coefficient (Wildman–Crippen LogP) is 5.05. The maximum absolute atomic E-state index is 13.9. The molecule has 6 rings (SSSR count). The second-order valence-corrected chi connectivity index (χ2v) is 12.0. The van der Waals surface area contributed by atoms with Gasteiger partial charge >= 0.3 is 6.18 Å². The number of carbonyl (C=O) groups excluding carboxylic acids is 3. The molecule has 1 saturated heterocycles. The first-order valence-electron chi connectivity index (χ1n) is 14.1. The lowest BCUT2D eigenvalue weighted by atomic mass is 10.0. The van der Waals surface area contributed by atoms with Gasteiger partial charge in [-0.25, -0.2) is 15.0 Å². The average molecular weight is 606 g/mol. The van der Waals surface area contributed by atoms with Crippen molar-refractivity contribution in [3.8, 4) is 11.1 Å². The van der Waals surface area contributed by atoms with Crippen LogP contribution in [-0.4, -0.2) is 59.1 Å². The number of carbonyl (C=O) groups is 3. The number of aryl methyl sites for hydroxylation is 3. The Labute approximate surface area is 250 Å². The molecule has 1 N–H and O–H groups in total. The molecule has 0 radical (unpaired) electrons. The molecule has 3 atom stereocenters. The van der Waals surface area contributed by atoms with Crippen LogP contribution in [0.2, 0.25) is 0 Å². The van der Waals surface area contributed by atoms with Crippen molar-refractivity contribution in [3.63, 3.8) is 0 Å². The molecule has 1 aliphatic heterocycles.